The molecule has 0 saturated carbocycles. The van der Waals surface area contributed by atoms with Crippen LogP contribution < -0.4 is 5.32 Å². The summed E-state index contributed by atoms with van der Waals surface area (Å²) in [5.41, 5.74) is 0.470. The number of likely N-dealkylation sites (tertiary alicyclic amines) is 1. The monoisotopic (exact) mass is 198 g/mol. The zero-order chi connectivity index (χ0) is 10.6. The number of nitrogens with one attached hydrogen (secondary N) is 1. The van der Waals surface area contributed by atoms with E-state index >= 15 is 0 Å². The van der Waals surface area contributed by atoms with Crippen molar-refractivity contribution in [3.63, 3.8) is 0 Å². The molecule has 1 aliphatic rings. The van der Waals surface area contributed by atoms with E-state index in [1.165, 1.54) is 25.9 Å². The minimum Gasteiger partial charge on any atom is -0.316 e. The molecule has 1 rings (SSSR count). The molecule has 0 unspecified atom stereocenters. The molecular formula is C12H26N2. The largest absolute Gasteiger partial charge is 0.316 e. The Kier molecular flexibility index (Phi) is 4.39. The lowest BCUT2D eigenvalue weighted by molar-refractivity contribution is 0.114. The zero-order valence-electron chi connectivity index (χ0n) is 10.3. The molecule has 1 saturated heterocycles. The third kappa shape index (κ3) is 3.25. The Labute approximate surface area is 89.1 Å². The van der Waals surface area contributed by atoms with Gasteiger partial charge in [0.2, 0.25) is 0 Å². The Morgan fingerprint density at radius 2 is 1.86 bits per heavy atom. The summed E-state index contributed by atoms with van der Waals surface area (Å²) < 4.78 is 0. The van der Waals surface area contributed by atoms with Gasteiger partial charge in [-0.2, -0.15) is 0 Å². The van der Waals surface area contributed by atoms with Crippen LogP contribution in [0.15, 0.2) is 0 Å². The fourth-order valence-corrected chi connectivity index (χ4v) is 2.38. The van der Waals surface area contributed by atoms with Gasteiger partial charge in [-0.15, -0.1) is 0 Å². The van der Waals surface area contributed by atoms with Crippen LogP contribution in [0.2, 0.25) is 0 Å². The summed E-state index contributed by atoms with van der Waals surface area (Å²) in [4.78, 5) is 2.44. The van der Waals surface area contributed by atoms with Crippen LogP contribution >= 0.6 is 0 Å². The minimum atomic E-state index is 0.470. The summed E-state index contributed by atoms with van der Waals surface area (Å²) in [6.07, 6.45) is 2.74. The molecular weight excluding hydrogens is 172 g/mol. The molecule has 2 heteroatoms. The summed E-state index contributed by atoms with van der Waals surface area (Å²) >= 11 is 0. The second-order valence-corrected chi connectivity index (χ2v) is 5.35. The SMILES string of the molecule is CCNCC(C)(C)C1CCN(C)CC1. The highest BCUT2D eigenvalue weighted by molar-refractivity contribution is 4.84. The molecule has 1 aliphatic heterocycles. The Hall–Kier alpha value is -0.0800. The molecule has 2 nitrogen and oxygen atoms in total. The first-order chi connectivity index (χ1) is 6.56. The number of rotatable bonds is 4. The average molecular weight is 198 g/mol. The van der Waals surface area contributed by atoms with Crippen LogP contribution in [0.3, 0.4) is 0 Å². The maximum absolute atomic E-state index is 3.48. The van der Waals surface area contributed by atoms with Crippen molar-refractivity contribution in [2.24, 2.45) is 11.3 Å². The first-order valence-corrected chi connectivity index (χ1v) is 5.95. The second-order valence-electron chi connectivity index (χ2n) is 5.35. The lowest BCUT2D eigenvalue weighted by Gasteiger charge is -2.39. The van der Waals surface area contributed by atoms with Gasteiger partial charge in [-0.1, -0.05) is 20.8 Å². The van der Waals surface area contributed by atoms with Gasteiger partial charge in [0, 0.05) is 6.54 Å². The summed E-state index contributed by atoms with van der Waals surface area (Å²) in [5.74, 6) is 0.901. The molecule has 0 aromatic heterocycles. The molecule has 0 aliphatic carbocycles. The van der Waals surface area contributed by atoms with E-state index in [0.717, 1.165) is 19.0 Å². The fourth-order valence-electron chi connectivity index (χ4n) is 2.38. The van der Waals surface area contributed by atoms with Crippen LogP contribution in [0.4, 0.5) is 0 Å². The van der Waals surface area contributed by atoms with Crippen molar-refractivity contribution in [1.82, 2.24) is 10.2 Å². The maximum Gasteiger partial charge on any atom is 0.000507 e. The van der Waals surface area contributed by atoms with Crippen molar-refractivity contribution < 1.29 is 0 Å². The van der Waals surface area contributed by atoms with E-state index < -0.39 is 0 Å². The third-order valence-electron chi connectivity index (χ3n) is 3.65. The molecule has 0 aromatic rings. The van der Waals surface area contributed by atoms with E-state index in [9.17, 15) is 0 Å². The van der Waals surface area contributed by atoms with Gasteiger partial charge < -0.3 is 10.2 Å². The van der Waals surface area contributed by atoms with Gasteiger partial charge >= 0.3 is 0 Å². The second kappa shape index (κ2) is 5.13. The molecule has 84 valence electrons. The molecule has 1 heterocycles. The Morgan fingerprint density at radius 1 is 1.29 bits per heavy atom. The molecule has 0 atom stereocenters. The number of hydrogen-bond donors (Lipinski definition) is 1. The van der Waals surface area contributed by atoms with E-state index in [1.54, 1.807) is 0 Å². The van der Waals surface area contributed by atoms with Crippen molar-refractivity contribution >= 4 is 0 Å². The van der Waals surface area contributed by atoms with E-state index in [0.29, 0.717) is 5.41 Å². The Bertz CT molecular complexity index is 158. The fraction of sp³-hybridized carbons (Fsp3) is 1.00. The molecule has 0 spiro atoms. The third-order valence-corrected chi connectivity index (χ3v) is 3.65. The number of nitrogens with zero attached hydrogens (tertiary/aromatic N) is 1. The van der Waals surface area contributed by atoms with E-state index in [4.69, 9.17) is 0 Å². The smallest absolute Gasteiger partial charge is 0.000507 e. The maximum atomic E-state index is 3.48. The zero-order valence-corrected chi connectivity index (χ0v) is 10.3. The molecule has 0 aromatic carbocycles. The quantitative estimate of drug-likeness (QED) is 0.743. The van der Waals surface area contributed by atoms with Crippen molar-refractivity contribution in [3.05, 3.63) is 0 Å². The lowest BCUT2D eigenvalue weighted by atomic mass is 9.73. The van der Waals surface area contributed by atoms with Gasteiger partial charge in [-0.25, -0.2) is 0 Å². The van der Waals surface area contributed by atoms with Crippen LogP contribution in [0.25, 0.3) is 0 Å². The average Bonchev–Trinajstić information content (AvgIpc) is 2.16. The first kappa shape index (κ1) is 12.0. The van der Waals surface area contributed by atoms with Gasteiger partial charge in [0.05, 0.1) is 0 Å². The van der Waals surface area contributed by atoms with Crippen LogP contribution in [-0.4, -0.2) is 38.1 Å². The Balaban J connectivity index is 2.38. The molecule has 0 radical (unpaired) electrons. The number of hydrogen-bond acceptors (Lipinski definition) is 2. The predicted molar refractivity (Wildman–Crippen MR) is 62.5 cm³/mol. The topological polar surface area (TPSA) is 15.3 Å². The van der Waals surface area contributed by atoms with Gasteiger partial charge in [-0.05, 0) is 50.9 Å². The summed E-state index contributed by atoms with van der Waals surface area (Å²) in [7, 11) is 2.23. The highest BCUT2D eigenvalue weighted by Gasteiger charge is 2.31. The molecule has 0 amide bonds. The van der Waals surface area contributed by atoms with Gasteiger partial charge in [0.15, 0.2) is 0 Å². The van der Waals surface area contributed by atoms with E-state index in [1.807, 2.05) is 0 Å². The predicted octanol–water partition coefficient (Wildman–Crippen LogP) is 1.96. The standard InChI is InChI=1S/C12H26N2/c1-5-13-10-12(2,3)11-6-8-14(4)9-7-11/h11,13H,5-10H2,1-4H3. The summed E-state index contributed by atoms with van der Waals surface area (Å²) in [6.45, 7) is 11.8. The lowest BCUT2D eigenvalue weighted by Crippen LogP contribution is -2.41. The molecule has 1 fully saturated rings. The van der Waals surface area contributed by atoms with Gasteiger partial charge in [-0.3, -0.25) is 0 Å². The molecule has 14 heavy (non-hydrogen) atoms. The first-order valence-electron chi connectivity index (χ1n) is 5.95. The molecule has 1 N–H and O–H groups in total. The van der Waals surface area contributed by atoms with E-state index in [2.05, 4.69) is 38.0 Å². The molecule has 0 bridgehead atoms. The summed E-state index contributed by atoms with van der Waals surface area (Å²) in [6, 6.07) is 0. The van der Waals surface area contributed by atoms with Crippen LogP contribution in [-0.2, 0) is 0 Å². The highest BCUT2D eigenvalue weighted by atomic mass is 15.1. The Morgan fingerprint density at radius 3 is 2.36 bits per heavy atom. The van der Waals surface area contributed by atoms with Crippen LogP contribution in [0, 0.1) is 11.3 Å². The van der Waals surface area contributed by atoms with Crippen LogP contribution in [0.1, 0.15) is 33.6 Å². The van der Waals surface area contributed by atoms with Crippen LogP contribution in [0.5, 0.6) is 0 Å². The van der Waals surface area contributed by atoms with Crippen molar-refractivity contribution in [3.8, 4) is 0 Å². The highest BCUT2D eigenvalue weighted by Crippen LogP contribution is 2.33. The van der Waals surface area contributed by atoms with Crippen molar-refractivity contribution in [1.29, 1.82) is 0 Å². The number of piperidine rings is 1. The normalized spacial score (nSPS) is 21.4. The van der Waals surface area contributed by atoms with Crippen molar-refractivity contribution in [2.75, 3.05) is 33.2 Å². The van der Waals surface area contributed by atoms with E-state index in [-0.39, 0.29) is 0 Å². The van der Waals surface area contributed by atoms with Gasteiger partial charge in [0.25, 0.3) is 0 Å². The summed E-state index contributed by atoms with van der Waals surface area (Å²) in [5, 5.41) is 3.48. The van der Waals surface area contributed by atoms with Crippen molar-refractivity contribution in [2.45, 2.75) is 33.6 Å². The minimum absolute atomic E-state index is 0.470. The van der Waals surface area contributed by atoms with Gasteiger partial charge in [0.1, 0.15) is 0 Å².